The number of rotatable bonds is 7. The molecule has 1 unspecified atom stereocenters. The molecule has 4 aromatic carbocycles. The van der Waals surface area contributed by atoms with Crippen LogP contribution in [0.3, 0.4) is 0 Å². The SMILES string of the molecule is O=C(NCC1CCN(CC(c2ccccc2)c2ccccc2)C(=O)CN1)c1ccc2ccccc2c1. The molecule has 2 N–H and O–H groups in total. The third-order valence-electron chi connectivity index (χ3n) is 6.97. The van der Waals surface area contributed by atoms with E-state index >= 15 is 0 Å². The Labute approximate surface area is 212 Å². The van der Waals surface area contributed by atoms with E-state index in [1.54, 1.807) is 0 Å². The number of carbonyl (C=O) groups is 2. The summed E-state index contributed by atoms with van der Waals surface area (Å²) in [6.07, 6.45) is 0.778. The first-order valence-electron chi connectivity index (χ1n) is 12.6. The number of amides is 2. The van der Waals surface area contributed by atoms with Gasteiger partial charge in [-0.1, -0.05) is 91.0 Å². The summed E-state index contributed by atoms with van der Waals surface area (Å²) in [5.74, 6) is 0.110. The molecule has 1 aliphatic rings. The topological polar surface area (TPSA) is 61.4 Å². The highest BCUT2D eigenvalue weighted by Gasteiger charge is 2.26. The van der Waals surface area contributed by atoms with Gasteiger partial charge >= 0.3 is 0 Å². The second kappa shape index (κ2) is 11.2. The maximum Gasteiger partial charge on any atom is 0.251 e. The summed E-state index contributed by atoms with van der Waals surface area (Å²) in [6, 6.07) is 34.5. The van der Waals surface area contributed by atoms with E-state index in [9.17, 15) is 9.59 Å². The van der Waals surface area contributed by atoms with Crippen molar-refractivity contribution in [1.29, 1.82) is 0 Å². The highest BCUT2D eigenvalue weighted by atomic mass is 16.2. The van der Waals surface area contributed by atoms with Crippen molar-refractivity contribution in [3.05, 3.63) is 120 Å². The minimum atomic E-state index is -0.0943. The van der Waals surface area contributed by atoms with Gasteiger partial charge in [0.1, 0.15) is 0 Å². The van der Waals surface area contributed by atoms with Crippen LogP contribution in [0.15, 0.2) is 103 Å². The van der Waals surface area contributed by atoms with Crippen LogP contribution in [-0.4, -0.2) is 48.9 Å². The minimum Gasteiger partial charge on any atom is -0.350 e. The second-order valence-corrected chi connectivity index (χ2v) is 9.35. The lowest BCUT2D eigenvalue weighted by atomic mass is 9.90. The van der Waals surface area contributed by atoms with Crippen LogP contribution in [0.25, 0.3) is 10.8 Å². The maximum atomic E-state index is 13.0. The summed E-state index contributed by atoms with van der Waals surface area (Å²) in [5, 5.41) is 8.56. The lowest BCUT2D eigenvalue weighted by molar-refractivity contribution is -0.129. The van der Waals surface area contributed by atoms with Crippen LogP contribution in [0.2, 0.25) is 0 Å². The van der Waals surface area contributed by atoms with Gasteiger partial charge in [-0.25, -0.2) is 0 Å². The Balaban J connectivity index is 1.21. The van der Waals surface area contributed by atoms with Gasteiger partial charge in [-0.3, -0.25) is 9.59 Å². The van der Waals surface area contributed by atoms with Crippen molar-refractivity contribution in [1.82, 2.24) is 15.5 Å². The highest BCUT2D eigenvalue weighted by Crippen LogP contribution is 2.26. The molecule has 1 saturated heterocycles. The van der Waals surface area contributed by atoms with Gasteiger partial charge in [0.15, 0.2) is 0 Å². The van der Waals surface area contributed by atoms with E-state index in [1.807, 2.05) is 83.8 Å². The number of hydrogen-bond acceptors (Lipinski definition) is 3. The predicted molar refractivity (Wildman–Crippen MR) is 144 cm³/mol. The molecule has 5 rings (SSSR count). The highest BCUT2D eigenvalue weighted by molar-refractivity contribution is 5.98. The largest absolute Gasteiger partial charge is 0.350 e. The maximum absolute atomic E-state index is 13.0. The smallest absolute Gasteiger partial charge is 0.251 e. The third-order valence-corrected chi connectivity index (χ3v) is 6.97. The summed E-state index contributed by atoms with van der Waals surface area (Å²) in [5.41, 5.74) is 3.05. The molecule has 0 aliphatic carbocycles. The molecule has 2 amide bonds. The molecule has 0 bridgehead atoms. The second-order valence-electron chi connectivity index (χ2n) is 9.35. The number of nitrogens with one attached hydrogen (secondary N) is 2. The summed E-state index contributed by atoms with van der Waals surface area (Å²) in [7, 11) is 0. The van der Waals surface area contributed by atoms with Crippen LogP contribution < -0.4 is 10.6 Å². The lowest BCUT2D eigenvalue weighted by Gasteiger charge is -2.27. The number of fused-ring (bicyclic) bond motifs is 1. The lowest BCUT2D eigenvalue weighted by Crippen LogP contribution is -2.42. The van der Waals surface area contributed by atoms with Crippen molar-refractivity contribution >= 4 is 22.6 Å². The van der Waals surface area contributed by atoms with Crippen molar-refractivity contribution in [3.8, 4) is 0 Å². The zero-order chi connectivity index (χ0) is 24.7. The fraction of sp³-hybridized carbons (Fsp3) is 0.226. The molecule has 36 heavy (non-hydrogen) atoms. The zero-order valence-electron chi connectivity index (χ0n) is 20.3. The van der Waals surface area contributed by atoms with E-state index in [2.05, 4.69) is 34.9 Å². The first-order valence-corrected chi connectivity index (χ1v) is 12.6. The van der Waals surface area contributed by atoms with Gasteiger partial charge in [0, 0.05) is 37.2 Å². The molecule has 0 aromatic heterocycles. The van der Waals surface area contributed by atoms with Gasteiger partial charge in [0.2, 0.25) is 5.91 Å². The van der Waals surface area contributed by atoms with Crippen molar-refractivity contribution in [3.63, 3.8) is 0 Å². The Morgan fingerprint density at radius 2 is 1.50 bits per heavy atom. The number of hydrogen-bond donors (Lipinski definition) is 2. The molecule has 4 aromatic rings. The first kappa shape index (κ1) is 23.8. The van der Waals surface area contributed by atoms with Gasteiger partial charge in [0.05, 0.1) is 6.54 Å². The fourth-order valence-electron chi connectivity index (χ4n) is 4.89. The Hall–Kier alpha value is -3.96. The standard InChI is InChI=1S/C31H31N3O2/c35-30-21-32-28(20-33-31(36)27-16-15-23-9-7-8-14-26(23)19-27)17-18-34(30)22-29(24-10-3-1-4-11-24)25-12-5-2-6-13-25/h1-16,19,28-29,32H,17-18,20-22H2,(H,33,36). The summed E-state index contributed by atoms with van der Waals surface area (Å²) >= 11 is 0. The molecular weight excluding hydrogens is 446 g/mol. The Kier molecular flexibility index (Phi) is 7.39. The van der Waals surface area contributed by atoms with Crippen molar-refractivity contribution in [2.24, 2.45) is 0 Å². The summed E-state index contributed by atoms with van der Waals surface area (Å²) in [6.45, 7) is 2.03. The minimum absolute atomic E-state index is 0.0373. The van der Waals surface area contributed by atoms with Crippen LogP contribution >= 0.6 is 0 Å². The fourth-order valence-corrected chi connectivity index (χ4v) is 4.89. The normalized spacial score (nSPS) is 16.2. The van der Waals surface area contributed by atoms with Crippen molar-refractivity contribution in [2.75, 3.05) is 26.2 Å². The van der Waals surface area contributed by atoms with Gasteiger partial charge in [0.25, 0.3) is 5.91 Å². The summed E-state index contributed by atoms with van der Waals surface area (Å²) < 4.78 is 0. The molecule has 5 nitrogen and oxygen atoms in total. The predicted octanol–water partition coefficient (Wildman–Crippen LogP) is 4.59. The number of benzene rings is 4. The number of nitrogens with zero attached hydrogens (tertiary/aromatic N) is 1. The van der Waals surface area contributed by atoms with Crippen molar-refractivity contribution in [2.45, 2.75) is 18.4 Å². The van der Waals surface area contributed by atoms with Crippen LogP contribution in [-0.2, 0) is 4.79 Å². The van der Waals surface area contributed by atoms with E-state index in [1.165, 1.54) is 11.1 Å². The zero-order valence-corrected chi connectivity index (χ0v) is 20.3. The van der Waals surface area contributed by atoms with Crippen LogP contribution in [0.5, 0.6) is 0 Å². The van der Waals surface area contributed by atoms with Gasteiger partial charge in [-0.2, -0.15) is 0 Å². The third kappa shape index (κ3) is 5.64. The molecule has 1 atom stereocenters. The Morgan fingerprint density at radius 3 is 2.19 bits per heavy atom. The first-order chi connectivity index (χ1) is 17.7. The molecule has 5 heteroatoms. The van der Waals surface area contributed by atoms with Gasteiger partial charge < -0.3 is 15.5 Å². The van der Waals surface area contributed by atoms with E-state index < -0.39 is 0 Å². The Bertz CT molecular complexity index is 1280. The van der Waals surface area contributed by atoms with Crippen molar-refractivity contribution < 1.29 is 9.59 Å². The number of carbonyl (C=O) groups excluding carboxylic acids is 2. The molecule has 0 radical (unpaired) electrons. The average molecular weight is 478 g/mol. The molecule has 1 aliphatic heterocycles. The molecule has 1 fully saturated rings. The molecule has 0 spiro atoms. The average Bonchev–Trinajstić information content (AvgIpc) is 3.11. The van der Waals surface area contributed by atoms with Crippen LogP contribution in [0.1, 0.15) is 33.8 Å². The monoisotopic (exact) mass is 477 g/mol. The Morgan fingerprint density at radius 1 is 0.861 bits per heavy atom. The van der Waals surface area contributed by atoms with Crippen LogP contribution in [0.4, 0.5) is 0 Å². The quantitative estimate of drug-likeness (QED) is 0.409. The molecule has 182 valence electrons. The molecule has 0 saturated carbocycles. The van der Waals surface area contributed by atoms with E-state index in [0.717, 1.165) is 17.2 Å². The van der Waals surface area contributed by atoms with Crippen LogP contribution in [0, 0.1) is 0 Å². The van der Waals surface area contributed by atoms with E-state index in [4.69, 9.17) is 0 Å². The van der Waals surface area contributed by atoms with E-state index in [0.29, 0.717) is 25.2 Å². The molecular formula is C31H31N3O2. The molecule has 1 heterocycles. The summed E-state index contributed by atoms with van der Waals surface area (Å²) in [4.78, 5) is 27.8. The van der Waals surface area contributed by atoms with Gasteiger partial charge in [-0.15, -0.1) is 0 Å². The van der Waals surface area contributed by atoms with E-state index in [-0.39, 0.29) is 30.3 Å². The van der Waals surface area contributed by atoms with Gasteiger partial charge in [-0.05, 0) is 40.5 Å².